The zero-order valence-corrected chi connectivity index (χ0v) is 31.2. The Balaban J connectivity index is 0.000000150. The number of hydrogen-bond donors (Lipinski definition) is 4. The molecule has 10 rings (SSSR count). The van der Waals surface area contributed by atoms with Crippen LogP contribution in [0.2, 0.25) is 0 Å². The van der Waals surface area contributed by atoms with Crippen LogP contribution >= 0.6 is 0 Å². The number of carbonyl (C=O) groups is 2. The molecule has 0 fully saturated rings. The Morgan fingerprint density at radius 1 is 0.517 bits per heavy atom. The number of para-hydroxylation sites is 2. The van der Waals surface area contributed by atoms with Crippen LogP contribution in [0.25, 0.3) is 43.9 Å². The lowest BCUT2D eigenvalue weighted by Crippen LogP contribution is -2.33. The highest BCUT2D eigenvalue weighted by atomic mass is 16.2. The third-order valence-corrected chi connectivity index (χ3v) is 10.6. The molecule has 0 spiro atoms. The van der Waals surface area contributed by atoms with Crippen LogP contribution in [0, 0.1) is 0 Å². The average Bonchev–Trinajstić information content (AvgIpc) is 3.91. The van der Waals surface area contributed by atoms with Crippen LogP contribution in [0.4, 0.5) is 32.3 Å². The van der Waals surface area contributed by atoms with Gasteiger partial charge in [-0.3, -0.25) is 19.4 Å². The summed E-state index contributed by atoms with van der Waals surface area (Å²) in [7, 11) is 0. The fraction of sp³-hybridized carbons (Fsp3) is 0.0851. The molecule has 6 aromatic carbocycles. The van der Waals surface area contributed by atoms with Crippen molar-refractivity contribution < 1.29 is 9.59 Å². The number of nitrogens with one attached hydrogen (secondary N) is 4. The quantitative estimate of drug-likeness (QED) is 0.142. The molecule has 11 nitrogen and oxygen atoms in total. The molecule has 58 heavy (non-hydrogen) atoms. The lowest BCUT2D eigenvalue weighted by molar-refractivity contribution is 0.256. The maximum absolute atomic E-state index is 12.7. The van der Waals surface area contributed by atoms with E-state index < -0.39 is 0 Å². The van der Waals surface area contributed by atoms with Gasteiger partial charge in [0, 0.05) is 63.9 Å². The van der Waals surface area contributed by atoms with E-state index in [9.17, 15) is 19.2 Å². The molecule has 0 aliphatic carbocycles. The number of carbonyl (C=O) groups excluding carboxylic acids is 2. The van der Waals surface area contributed by atoms with Crippen LogP contribution in [-0.4, -0.2) is 40.3 Å². The lowest BCUT2D eigenvalue weighted by atomic mass is 10.0. The van der Waals surface area contributed by atoms with Gasteiger partial charge in [0.25, 0.3) is 11.1 Å². The molecule has 2 aliphatic rings. The third-order valence-electron chi connectivity index (χ3n) is 10.6. The second kappa shape index (κ2) is 15.4. The maximum Gasteiger partial charge on any atom is 0.326 e. The number of aromatic amines is 2. The van der Waals surface area contributed by atoms with Crippen LogP contribution in [0.1, 0.15) is 11.1 Å². The molecule has 0 saturated carbocycles. The molecule has 11 heteroatoms. The summed E-state index contributed by atoms with van der Waals surface area (Å²) in [5.41, 5.74) is 8.94. The summed E-state index contributed by atoms with van der Waals surface area (Å²) in [4.78, 5) is 55.8. The predicted molar refractivity (Wildman–Crippen MR) is 231 cm³/mol. The van der Waals surface area contributed by atoms with Crippen LogP contribution in [0.3, 0.4) is 0 Å². The topological polar surface area (TPSA) is 143 Å². The summed E-state index contributed by atoms with van der Waals surface area (Å²) in [5, 5.41) is 15.7. The van der Waals surface area contributed by atoms with Crippen molar-refractivity contribution >= 4 is 56.4 Å². The van der Waals surface area contributed by atoms with E-state index in [1.54, 1.807) is 22.1 Å². The van der Waals surface area contributed by atoms with E-state index in [-0.39, 0.29) is 23.2 Å². The van der Waals surface area contributed by atoms with E-state index in [0.29, 0.717) is 35.2 Å². The summed E-state index contributed by atoms with van der Waals surface area (Å²) in [6, 6.07) is 45.7. The highest BCUT2D eigenvalue weighted by molar-refractivity contribution is 6.04. The minimum atomic E-state index is -0.209. The molecular weight excluding hydrogens is 727 g/mol. The molecule has 4 amide bonds. The number of aromatic nitrogens is 3. The van der Waals surface area contributed by atoms with Crippen LogP contribution in [-0.2, 0) is 12.8 Å². The molecule has 0 radical (unpaired) electrons. The molecule has 284 valence electrons. The molecule has 8 aromatic rings. The average molecular weight is 764 g/mol. The molecule has 4 N–H and O–H groups in total. The van der Waals surface area contributed by atoms with Crippen LogP contribution in [0.15, 0.2) is 161 Å². The first-order valence-electron chi connectivity index (χ1n) is 19.0. The maximum atomic E-state index is 12.7. The summed E-state index contributed by atoms with van der Waals surface area (Å²) in [6.45, 7) is 1.36. The number of rotatable bonds is 4. The van der Waals surface area contributed by atoms with Crippen molar-refractivity contribution in [1.82, 2.24) is 15.2 Å². The number of amides is 4. The number of pyridine rings is 1. The van der Waals surface area contributed by atoms with E-state index in [2.05, 4.69) is 37.9 Å². The predicted octanol–water partition coefficient (Wildman–Crippen LogP) is 8.97. The molecule has 0 atom stereocenters. The van der Waals surface area contributed by atoms with Crippen molar-refractivity contribution in [3.05, 3.63) is 184 Å². The summed E-state index contributed by atoms with van der Waals surface area (Å²) in [5.74, 6) is 0. The minimum Gasteiger partial charge on any atom is -0.328 e. The zero-order valence-electron chi connectivity index (χ0n) is 31.2. The van der Waals surface area contributed by atoms with Gasteiger partial charge < -0.3 is 15.6 Å². The van der Waals surface area contributed by atoms with Crippen molar-refractivity contribution in [2.75, 3.05) is 33.5 Å². The Morgan fingerprint density at radius 3 is 1.55 bits per heavy atom. The third kappa shape index (κ3) is 6.96. The van der Waals surface area contributed by atoms with Gasteiger partial charge in [-0.1, -0.05) is 97.1 Å². The fourth-order valence-electron chi connectivity index (χ4n) is 7.71. The smallest absolute Gasteiger partial charge is 0.326 e. The van der Waals surface area contributed by atoms with Gasteiger partial charge in [-0.05, 0) is 83.4 Å². The van der Waals surface area contributed by atoms with Gasteiger partial charge in [0.2, 0.25) is 0 Å². The standard InChI is InChI=1S/C24H19N3O2.C23H18N4O2/c28-23-20-7-3-2-6-19(20)21(15-25-23)16-9-11-18(12-10-16)26-24(29)27-14-13-17-5-1-4-8-22(17)27;28-22-19-7-3-2-6-18(19)21(25-26-22)16-9-11-17(12-10-16)24-23(29)27-14-13-15-5-1-4-8-20(15)27/h1-12,15H,13-14H2,(H,25,28)(H,26,29);1-12H,13-14H2,(H,24,29)(H,26,28). The van der Waals surface area contributed by atoms with Gasteiger partial charge in [-0.15, -0.1) is 0 Å². The van der Waals surface area contributed by atoms with E-state index in [1.165, 1.54) is 11.1 Å². The van der Waals surface area contributed by atoms with Gasteiger partial charge in [0.15, 0.2) is 0 Å². The van der Waals surface area contributed by atoms with Gasteiger partial charge >= 0.3 is 12.1 Å². The monoisotopic (exact) mass is 763 g/mol. The fourth-order valence-corrected chi connectivity index (χ4v) is 7.71. The Morgan fingerprint density at radius 2 is 0.983 bits per heavy atom. The van der Waals surface area contributed by atoms with E-state index >= 15 is 0 Å². The van der Waals surface area contributed by atoms with Gasteiger partial charge in [-0.25, -0.2) is 14.7 Å². The van der Waals surface area contributed by atoms with Crippen LogP contribution in [0.5, 0.6) is 0 Å². The van der Waals surface area contributed by atoms with Crippen molar-refractivity contribution in [3.8, 4) is 22.4 Å². The van der Waals surface area contributed by atoms with E-state index in [1.807, 2.05) is 127 Å². The highest BCUT2D eigenvalue weighted by Gasteiger charge is 2.25. The molecule has 0 unspecified atom stereocenters. The number of anilines is 4. The van der Waals surface area contributed by atoms with E-state index in [4.69, 9.17) is 0 Å². The number of fused-ring (bicyclic) bond motifs is 4. The summed E-state index contributed by atoms with van der Waals surface area (Å²) >= 11 is 0. The lowest BCUT2D eigenvalue weighted by Gasteiger charge is -2.18. The first kappa shape index (κ1) is 35.9. The molecule has 4 heterocycles. The Bertz CT molecular complexity index is 2760. The number of hydrogen-bond acceptors (Lipinski definition) is 5. The first-order valence-corrected chi connectivity index (χ1v) is 19.0. The number of benzene rings is 6. The van der Waals surface area contributed by atoms with Crippen molar-refractivity contribution in [3.63, 3.8) is 0 Å². The molecule has 0 saturated heterocycles. The number of nitrogens with zero attached hydrogens (tertiary/aromatic N) is 3. The molecule has 2 aromatic heterocycles. The Labute approximate surface area is 332 Å². The van der Waals surface area contributed by atoms with Gasteiger partial charge in [-0.2, -0.15) is 5.10 Å². The Hall–Kier alpha value is -7.79. The minimum absolute atomic E-state index is 0.0980. The van der Waals surface area contributed by atoms with E-state index in [0.717, 1.165) is 57.4 Å². The molecular formula is C47H37N7O4. The van der Waals surface area contributed by atoms with Crippen molar-refractivity contribution in [2.45, 2.75) is 12.8 Å². The highest BCUT2D eigenvalue weighted by Crippen LogP contribution is 2.31. The largest absolute Gasteiger partial charge is 0.328 e. The summed E-state index contributed by atoms with van der Waals surface area (Å²) < 4.78 is 0. The first-order chi connectivity index (χ1) is 28.4. The van der Waals surface area contributed by atoms with Crippen molar-refractivity contribution in [1.29, 1.82) is 0 Å². The molecule has 2 aliphatic heterocycles. The number of H-pyrrole nitrogens is 2. The van der Waals surface area contributed by atoms with Crippen LogP contribution < -0.4 is 31.6 Å². The second-order valence-electron chi connectivity index (χ2n) is 14.1. The summed E-state index contributed by atoms with van der Waals surface area (Å²) in [6.07, 6.45) is 3.48. The molecule has 0 bridgehead atoms. The van der Waals surface area contributed by atoms with Crippen molar-refractivity contribution in [2.24, 2.45) is 0 Å². The number of urea groups is 2. The normalized spacial score (nSPS) is 12.8. The van der Waals surface area contributed by atoms with Gasteiger partial charge in [0.1, 0.15) is 0 Å². The SMILES string of the molecule is O=C(Nc1ccc(-c2c[nH]c(=O)c3ccccc23)cc1)N1CCc2ccccc21.O=C(Nc1ccc(-c2n[nH]c(=O)c3ccccc23)cc1)N1CCc2ccccc21. The Kier molecular flexibility index (Phi) is 9.52. The van der Waals surface area contributed by atoms with Gasteiger partial charge in [0.05, 0.1) is 11.1 Å². The second-order valence-corrected chi connectivity index (χ2v) is 14.1. The zero-order chi connectivity index (χ0) is 39.6.